The second-order valence-corrected chi connectivity index (χ2v) is 6.21. The first-order chi connectivity index (χ1) is 11.9. The van der Waals surface area contributed by atoms with Gasteiger partial charge in [-0.05, 0) is 42.3 Å². The van der Waals surface area contributed by atoms with Crippen molar-refractivity contribution in [1.82, 2.24) is 4.90 Å². The molecule has 0 radical (unpaired) electrons. The van der Waals surface area contributed by atoms with Crippen molar-refractivity contribution in [2.75, 3.05) is 12.4 Å². The molecular weight excluding hydrogens is 326 g/mol. The van der Waals surface area contributed by atoms with Crippen LogP contribution in [0.5, 0.6) is 0 Å². The second-order valence-electron chi connectivity index (χ2n) is 6.21. The number of carbonyl (C=O) groups excluding carboxylic acids is 2. The van der Waals surface area contributed by atoms with Crippen LogP contribution in [0.1, 0.15) is 36.4 Å². The summed E-state index contributed by atoms with van der Waals surface area (Å²) in [6.45, 7) is 1.83. The van der Waals surface area contributed by atoms with Gasteiger partial charge in [-0.15, -0.1) is 0 Å². The van der Waals surface area contributed by atoms with E-state index in [0.717, 1.165) is 5.56 Å². The molecule has 6 heteroatoms. The van der Waals surface area contributed by atoms with Gasteiger partial charge >= 0.3 is 0 Å². The number of rotatable bonds is 3. The van der Waals surface area contributed by atoms with E-state index in [1.807, 2.05) is 6.92 Å². The molecule has 0 spiro atoms. The highest BCUT2D eigenvalue weighted by Gasteiger charge is 2.34. The number of hydrogen-bond acceptors (Lipinski definition) is 2. The topological polar surface area (TPSA) is 49.4 Å². The Hall–Kier alpha value is -2.76. The fourth-order valence-corrected chi connectivity index (χ4v) is 3.06. The molecule has 3 rings (SSSR count). The molecule has 2 unspecified atom stereocenters. The average molecular weight is 344 g/mol. The minimum absolute atomic E-state index is 0.0118. The molecule has 0 aliphatic carbocycles. The van der Waals surface area contributed by atoms with E-state index in [1.54, 1.807) is 19.2 Å². The first-order valence-corrected chi connectivity index (χ1v) is 7.98. The molecule has 2 atom stereocenters. The lowest BCUT2D eigenvalue weighted by molar-refractivity contribution is -0.135. The van der Waals surface area contributed by atoms with Crippen molar-refractivity contribution in [2.45, 2.75) is 25.3 Å². The van der Waals surface area contributed by atoms with Gasteiger partial charge in [-0.1, -0.05) is 18.2 Å². The summed E-state index contributed by atoms with van der Waals surface area (Å²) in [6, 6.07) is 9.68. The van der Waals surface area contributed by atoms with E-state index in [9.17, 15) is 18.4 Å². The highest BCUT2D eigenvalue weighted by molar-refractivity contribution is 6.01. The molecule has 4 nitrogen and oxygen atoms in total. The van der Waals surface area contributed by atoms with Crippen molar-refractivity contribution < 1.29 is 18.4 Å². The van der Waals surface area contributed by atoms with E-state index < -0.39 is 11.7 Å². The number of likely N-dealkylation sites (N-methyl/N-ethyl adjacent to an activating group) is 1. The first-order valence-electron chi connectivity index (χ1n) is 7.98. The maximum atomic E-state index is 13.4. The van der Waals surface area contributed by atoms with Crippen LogP contribution in [0.25, 0.3) is 0 Å². The molecule has 0 fully saturated rings. The summed E-state index contributed by atoms with van der Waals surface area (Å²) in [4.78, 5) is 26.4. The third-order valence-corrected chi connectivity index (χ3v) is 4.63. The van der Waals surface area contributed by atoms with Gasteiger partial charge in [0.2, 0.25) is 11.8 Å². The molecule has 1 aliphatic rings. The number of hydrogen-bond donors (Lipinski definition) is 1. The van der Waals surface area contributed by atoms with Crippen molar-refractivity contribution >= 4 is 17.5 Å². The van der Waals surface area contributed by atoms with E-state index in [-0.39, 0.29) is 30.1 Å². The van der Waals surface area contributed by atoms with E-state index in [4.69, 9.17) is 0 Å². The molecule has 2 aromatic carbocycles. The van der Waals surface area contributed by atoms with Crippen molar-refractivity contribution in [2.24, 2.45) is 0 Å². The number of halogens is 2. The van der Waals surface area contributed by atoms with Crippen LogP contribution < -0.4 is 5.32 Å². The molecule has 0 saturated carbocycles. The smallest absolute Gasteiger partial charge is 0.230 e. The van der Waals surface area contributed by atoms with E-state index >= 15 is 0 Å². The molecule has 25 heavy (non-hydrogen) atoms. The Morgan fingerprint density at radius 1 is 1.16 bits per heavy atom. The third-order valence-electron chi connectivity index (χ3n) is 4.63. The summed E-state index contributed by atoms with van der Waals surface area (Å²) in [5.74, 6) is -2.04. The first kappa shape index (κ1) is 17.1. The molecule has 2 amide bonds. The van der Waals surface area contributed by atoms with Gasteiger partial charge in [0.15, 0.2) is 0 Å². The number of carbonyl (C=O) groups is 2. The summed E-state index contributed by atoms with van der Waals surface area (Å²) in [7, 11) is 1.64. The van der Waals surface area contributed by atoms with Crippen molar-refractivity contribution in [1.29, 1.82) is 0 Å². The zero-order valence-corrected chi connectivity index (χ0v) is 13.9. The molecule has 0 bridgehead atoms. The quantitative estimate of drug-likeness (QED) is 0.925. The van der Waals surface area contributed by atoms with E-state index in [1.165, 1.54) is 35.2 Å². The van der Waals surface area contributed by atoms with Crippen LogP contribution in [0.2, 0.25) is 0 Å². The third kappa shape index (κ3) is 3.38. The molecule has 1 N–H and O–H groups in total. The van der Waals surface area contributed by atoms with Gasteiger partial charge in [0.25, 0.3) is 0 Å². The Labute approximate surface area is 144 Å². The highest BCUT2D eigenvalue weighted by atomic mass is 19.1. The Morgan fingerprint density at radius 3 is 2.48 bits per heavy atom. The van der Waals surface area contributed by atoms with Crippen molar-refractivity contribution in [3.8, 4) is 0 Å². The number of nitrogens with one attached hydrogen (secondary N) is 1. The summed E-state index contributed by atoms with van der Waals surface area (Å²) in [6.07, 6.45) is 0.0118. The Balaban J connectivity index is 1.87. The van der Waals surface area contributed by atoms with Gasteiger partial charge in [-0.3, -0.25) is 9.59 Å². The summed E-state index contributed by atoms with van der Waals surface area (Å²) < 4.78 is 26.5. The molecule has 0 aromatic heterocycles. The summed E-state index contributed by atoms with van der Waals surface area (Å²) in [5.41, 5.74) is 1.72. The van der Waals surface area contributed by atoms with E-state index in [2.05, 4.69) is 5.32 Å². The van der Waals surface area contributed by atoms with Crippen LogP contribution in [-0.4, -0.2) is 23.8 Å². The van der Waals surface area contributed by atoms with Crippen molar-refractivity contribution in [3.05, 3.63) is 65.2 Å². The maximum Gasteiger partial charge on any atom is 0.230 e. The second kappa shape index (κ2) is 6.63. The Kier molecular flexibility index (Phi) is 4.53. The van der Waals surface area contributed by atoms with Gasteiger partial charge in [0, 0.05) is 19.2 Å². The Bertz CT molecular complexity index is 821. The number of amides is 2. The predicted molar refractivity (Wildman–Crippen MR) is 90.0 cm³/mol. The standard InChI is InChI=1S/C19H18F2N2O2/c1-11(12-3-5-13(20)6-4-12)23(2)19(25)16-10-18(24)22-17-9-14(21)7-8-15(16)17/h3-9,11,16H,10H2,1-2H3,(H,22,24). The highest BCUT2D eigenvalue weighted by Crippen LogP contribution is 2.35. The molecule has 1 aliphatic heterocycles. The molecule has 2 aromatic rings. The van der Waals surface area contributed by atoms with Gasteiger partial charge in [0.05, 0.1) is 12.0 Å². The minimum atomic E-state index is -0.669. The van der Waals surface area contributed by atoms with Crippen LogP contribution in [0.15, 0.2) is 42.5 Å². The number of fused-ring (bicyclic) bond motifs is 1. The summed E-state index contributed by atoms with van der Waals surface area (Å²) >= 11 is 0. The van der Waals surface area contributed by atoms with Gasteiger partial charge in [-0.2, -0.15) is 0 Å². The lowest BCUT2D eigenvalue weighted by Crippen LogP contribution is -2.37. The van der Waals surface area contributed by atoms with Gasteiger partial charge < -0.3 is 10.2 Å². The molecule has 0 saturated heterocycles. The fraction of sp³-hybridized carbons (Fsp3) is 0.263. The van der Waals surface area contributed by atoms with E-state index in [0.29, 0.717) is 11.3 Å². The number of nitrogens with zero attached hydrogens (tertiary/aromatic N) is 1. The number of benzene rings is 2. The predicted octanol–water partition coefficient (Wildman–Crippen LogP) is 3.61. The minimum Gasteiger partial charge on any atom is -0.338 e. The lowest BCUT2D eigenvalue weighted by atomic mass is 9.88. The summed E-state index contributed by atoms with van der Waals surface area (Å²) in [5, 5.41) is 2.60. The van der Waals surface area contributed by atoms with Gasteiger partial charge in [-0.25, -0.2) is 8.78 Å². The number of anilines is 1. The molecule has 130 valence electrons. The normalized spacial score (nSPS) is 17.4. The Morgan fingerprint density at radius 2 is 1.80 bits per heavy atom. The molecule has 1 heterocycles. The van der Waals surface area contributed by atoms with Crippen molar-refractivity contribution in [3.63, 3.8) is 0 Å². The van der Waals surface area contributed by atoms with Crippen LogP contribution in [0.3, 0.4) is 0 Å². The van der Waals surface area contributed by atoms with Crippen LogP contribution >= 0.6 is 0 Å². The largest absolute Gasteiger partial charge is 0.338 e. The monoisotopic (exact) mass is 344 g/mol. The average Bonchev–Trinajstić information content (AvgIpc) is 2.59. The van der Waals surface area contributed by atoms with Crippen LogP contribution in [0.4, 0.5) is 14.5 Å². The van der Waals surface area contributed by atoms with Crippen LogP contribution in [0, 0.1) is 11.6 Å². The van der Waals surface area contributed by atoms with Crippen LogP contribution in [-0.2, 0) is 9.59 Å². The zero-order valence-electron chi connectivity index (χ0n) is 13.9. The maximum absolute atomic E-state index is 13.4. The van der Waals surface area contributed by atoms with Gasteiger partial charge in [0.1, 0.15) is 11.6 Å². The molecular formula is C19H18F2N2O2. The lowest BCUT2D eigenvalue weighted by Gasteiger charge is -2.32. The zero-order chi connectivity index (χ0) is 18.1. The fourth-order valence-electron chi connectivity index (χ4n) is 3.06. The SMILES string of the molecule is CC(c1ccc(F)cc1)N(C)C(=O)C1CC(=O)Nc2cc(F)ccc21.